The predicted octanol–water partition coefficient (Wildman–Crippen LogP) is -3.52. The zero-order valence-electron chi connectivity index (χ0n) is 3.80. The summed E-state index contributed by atoms with van der Waals surface area (Å²) < 4.78 is 8.46. The van der Waals surface area contributed by atoms with E-state index in [0.29, 0.717) is 0 Å². The van der Waals surface area contributed by atoms with Gasteiger partial charge in [-0.1, -0.05) is 0 Å². The summed E-state index contributed by atoms with van der Waals surface area (Å²) in [4.78, 5) is 6.99. The minimum atomic E-state index is -0.833. The quantitative estimate of drug-likeness (QED) is 0.257. The van der Waals surface area contributed by atoms with Gasteiger partial charge < -0.3 is 11.8 Å². The van der Waals surface area contributed by atoms with Crippen molar-refractivity contribution in [3.8, 4) is 0 Å². The SMILES string of the molecule is O.O=PO.[H-].[Na+]. The maximum atomic E-state index is 8.46. The van der Waals surface area contributed by atoms with Gasteiger partial charge in [0.2, 0.25) is 0 Å². The Kier molecular flexibility index (Phi) is 66.1. The molecular weight excluding hydrogens is 102 g/mol. The van der Waals surface area contributed by atoms with Gasteiger partial charge in [-0.3, -0.25) is 0 Å². The van der Waals surface area contributed by atoms with E-state index in [4.69, 9.17) is 9.46 Å². The first kappa shape index (κ1) is 16.6. The van der Waals surface area contributed by atoms with E-state index in [-0.39, 0.29) is 36.5 Å². The van der Waals surface area contributed by atoms with E-state index < -0.39 is 8.69 Å². The third kappa shape index (κ3) is 44.0. The van der Waals surface area contributed by atoms with Gasteiger partial charge in [-0.2, -0.15) is 0 Å². The van der Waals surface area contributed by atoms with Crippen LogP contribution in [0.4, 0.5) is 0 Å². The molecule has 0 unspecified atom stereocenters. The Bertz CT molecular complexity index is 18.3. The molecule has 0 aliphatic rings. The van der Waals surface area contributed by atoms with E-state index >= 15 is 0 Å². The molecule has 0 aromatic carbocycles. The summed E-state index contributed by atoms with van der Waals surface area (Å²) in [5, 5.41) is 0. The second kappa shape index (κ2) is 19.9. The fraction of sp³-hybridized carbons (Fsp3) is 0. The van der Waals surface area contributed by atoms with Crippen LogP contribution in [0.2, 0.25) is 0 Å². The van der Waals surface area contributed by atoms with Crippen LogP contribution in [0.1, 0.15) is 1.43 Å². The second-order valence-electron chi connectivity index (χ2n) is 0.0816. The molecule has 0 aliphatic heterocycles. The maximum absolute atomic E-state index is 8.46. The molecule has 0 saturated heterocycles. The summed E-state index contributed by atoms with van der Waals surface area (Å²) in [5.41, 5.74) is 0. The molecule has 0 heterocycles. The van der Waals surface area contributed by atoms with Crippen molar-refractivity contribution in [3.05, 3.63) is 0 Å². The molecule has 0 spiro atoms. The Morgan fingerprint density at radius 3 is 1.80 bits per heavy atom. The fourth-order valence-corrected chi connectivity index (χ4v) is 0. The summed E-state index contributed by atoms with van der Waals surface area (Å²) in [6.07, 6.45) is 0. The first-order valence-corrected chi connectivity index (χ1v) is 1.15. The van der Waals surface area contributed by atoms with Gasteiger partial charge in [0.15, 0.2) is 0 Å². The number of rotatable bonds is 0. The van der Waals surface area contributed by atoms with Crippen LogP contribution in [0.25, 0.3) is 0 Å². The first-order valence-electron chi connectivity index (χ1n) is 0.383. The van der Waals surface area contributed by atoms with Gasteiger partial charge in [-0.05, 0) is 0 Å². The Labute approximate surface area is 54.8 Å². The van der Waals surface area contributed by atoms with Gasteiger partial charge in [0, 0.05) is 0 Å². The summed E-state index contributed by atoms with van der Waals surface area (Å²) in [6.45, 7) is 0. The van der Waals surface area contributed by atoms with E-state index in [1.807, 2.05) is 0 Å². The summed E-state index contributed by atoms with van der Waals surface area (Å²) in [6, 6.07) is 0. The van der Waals surface area contributed by atoms with Crippen molar-refractivity contribution in [2.24, 2.45) is 0 Å². The van der Waals surface area contributed by atoms with Gasteiger partial charge in [0.05, 0.1) is 0 Å². The van der Waals surface area contributed by atoms with Gasteiger partial charge in [-0.15, -0.1) is 0 Å². The van der Waals surface area contributed by atoms with E-state index in [2.05, 4.69) is 0 Å². The van der Waals surface area contributed by atoms with Gasteiger partial charge >= 0.3 is 38.2 Å². The standard InChI is InChI=1S/Na.HO2P.H2O.H/c;1-3-2;;/h;(H,1,2);1H2;/q+1;;;-1. The number of hydrogen-bond acceptors (Lipinski definition) is 1. The smallest absolute Gasteiger partial charge is 1.00 e. The molecule has 3 nitrogen and oxygen atoms in total. The van der Waals surface area contributed by atoms with Crippen molar-refractivity contribution >= 4 is 8.69 Å². The Morgan fingerprint density at radius 1 is 1.80 bits per heavy atom. The minimum Gasteiger partial charge on any atom is -1.00 e. The van der Waals surface area contributed by atoms with Crippen molar-refractivity contribution in [2.75, 3.05) is 0 Å². The molecule has 0 aromatic heterocycles. The van der Waals surface area contributed by atoms with Crippen molar-refractivity contribution in [2.45, 2.75) is 0 Å². The van der Waals surface area contributed by atoms with E-state index in [1.54, 1.807) is 0 Å². The van der Waals surface area contributed by atoms with Crippen LogP contribution in [0.15, 0.2) is 0 Å². The van der Waals surface area contributed by atoms with Crippen molar-refractivity contribution < 1.29 is 45.9 Å². The molecule has 0 amide bonds. The third-order valence-electron chi connectivity index (χ3n) is 0. The van der Waals surface area contributed by atoms with E-state index in [1.165, 1.54) is 0 Å². The Hall–Kier alpha value is 1.02. The molecule has 5 heteroatoms. The average molecular weight is 106 g/mol. The molecule has 0 rings (SSSR count). The summed E-state index contributed by atoms with van der Waals surface area (Å²) >= 11 is 0. The molecule has 0 saturated carbocycles. The first-order chi connectivity index (χ1) is 1.41. The molecule has 0 aromatic rings. The molecule has 0 bridgehead atoms. The monoisotopic (exact) mass is 106 g/mol. The molecule has 3 N–H and O–H groups in total. The van der Waals surface area contributed by atoms with E-state index in [0.717, 1.165) is 0 Å². The third-order valence-corrected chi connectivity index (χ3v) is 0. The molecule has 5 heavy (non-hydrogen) atoms. The normalized spacial score (nSPS) is 4.20. The minimum absolute atomic E-state index is 0. The fourth-order valence-electron chi connectivity index (χ4n) is 0. The van der Waals surface area contributed by atoms with Crippen molar-refractivity contribution in [1.82, 2.24) is 0 Å². The Morgan fingerprint density at radius 2 is 1.80 bits per heavy atom. The van der Waals surface area contributed by atoms with Crippen LogP contribution in [-0.4, -0.2) is 10.4 Å². The molecular formula is H4NaO3P. The number of hydrogen-bond donors (Lipinski definition) is 1. The van der Waals surface area contributed by atoms with Gasteiger partial charge in [-0.25, -0.2) is 4.57 Å². The van der Waals surface area contributed by atoms with Crippen molar-refractivity contribution in [1.29, 1.82) is 0 Å². The van der Waals surface area contributed by atoms with Crippen LogP contribution in [0.5, 0.6) is 0 Å². The molecule has 0 fully saturated rings. The average Bonchev–Trinajstić information content (AvgIpc) is 0.918. The second-order valence-corrected chi connectivity index (χ2v) is 0.245. The largest absolute Gasteiger partial charge is 1.00 e. The summed E-state index contributed by atoms with van der Waals surface area (Å²) in [5.74, 6) is 0. The predicted molar refractivity (Wildman–Crippen MR) is 14.6 cm³/mol. The molecule has 28 valence electrons. The van der Waals surface area contributed by atoms with E-state index in [9.17, 15) is 0 Å². The van der Waals surface area contributed by atoms with Gasteiger partial charge in [0.1, 0.15) is 0 Å². The topological polar surface area (TPSA) is 68.8 Å². The molecule has 0 aliphatic carbocycles. The molecule has 0 radical (unpaired) electrons. The van der Waals surface area contributed by atoms with Crippen molar-refractivity contribution in [3.63, 3.8) is 0 Å². The summed E-state index contributed by atoms with van der Waals surface area (Å²) in [7, 11) is -0.833. The Balaban J connectivity index is -0.00000000667. The van der Waals surface area contributed by atoms with Crippen LogP contribution >= 0.6 is 8.69 Å². The van der Waals surface area contributed by atoms with Gasteiger partial charge in [0.25, 0.3) is 0 Å². The zero-order chi connectivity index (χ0) is 2.71. The molecule has 0 atom stereocenters. The van der Waals surface area contributed by atoms with Crippen LogP contribution in [0.3, 0.4) is 0 Å². The maximum Gasteiger partial charge on any atom is 1.00 e. The van der Waals surface area contributed by atoms with Crippen LogP contribution < -0.4 is 29.6 Å². The van der Waals surface area contributed by atoms with Crippen LogP contribution in [0, 0.1) is 0 Å². The zero-order valence-corrected chi connectivity index (χ0v) is 5.70. The van der Waals surface area contributed by atoms with Crippen LogP contribution in [-0.2, 0) is 4.57 Å².